The van der Waals surface area contributed by atoms with E-state index in [9.17, 15) is 4.79 Å². The Bertz CT molecular complexity index is 2110. The third-order valence-electron chi connectivity index (χ3n) is 10.2. The number of methoxy groups -OCH3 is 2. The Labute approximate surface area is 295 Å². The molecule has 0 aliphatic heterocycles. The van der Waals surface area contributed by atoms with Crippen LogP contribution in [-0.2, 0) is 11.2 Å². The second-order valence-corrected chi connectivity index (χ2v) is 13.2. The van der Waals surface area contributed by atoms with Crippen LogP contribution in [0, 0.1) is 11.8 Å². The molecule has 1 amide bonds. The zero-order valence-corrected chi connectivity index (χ0v) is 29.7. The quantitative estimate of drug-likeness (QED) is 0.128. The normalized spacial score (nSPS) is 13.7. The van der Waals surface area contributed by atoms with E-state index in [1.165, 1.54) is 5.56 Å². The minimum Gasteiger partial charge on any atom is -0.496 e. The van der Waals surface area contributed by atoms with Crippen molar-refractivity contribution in [3.63, 3.8) is 0 Å². The number of fused-ring (bicyclic) bond motifs is 2. The third-order valence-corrected chi connectivity index (χ3v) is 10.2. The Morgan fingerprint density at radius 2 is 1.40 bits per heavy atom. The highest BCUT2D eigenvalue weighted by Crippen LogP contribution is 2.37. The molecule has 2 heterocycles. The van der Waals surface area contributed by atoms with E-state index in [1.54, 1.807) is 14.2 Å². The molecular weight excluding hydrogens is 620 g/mol. The summed E-state index contributed by atoms with van der Waals surface area (Å²) in [5.74, 6) is 1.85. The molecule has 6 aromatic rings. The molecule has 7 heteroatoms. The first-order valence-corrected chi connectivity index (χ1v) is 17.3. The molecule has 4 atom stereocenters. The summed E-state index contributed by atoms with van der Waals surface area (Å²) in [6, 6.07) is 32.6. The summed E-state index contributed by atoms with van der Waals surface area (Å²) >= 11 is 0. The Kier molecular flexibility index (Phi) is 10.6. The van der Waals surface area contributed by atoms with Crippen LogP contribution in [0.15, 0.2) is 109 Å². The van der Waals surface area contributed by atoms with Gasteiger partial charge < -0.3 is 20.1 Å². The van der Waals surface area contributed by atoms with Crippen molar-refractivity contribution in [3.8, 4) is 11.5 Å². The molecule has 0 radical (unpaired) electrons. The molecule has 0 aliphatic rings. The van der Waals surface area contributed by atoms with Gasteiger partial charge >= 0.3 is 0 Å². The highest BCUT2D eigenvalue weighted by Gasteiger charge is 2.25. The van der Waals surface area contributed by atoms with Crippen molar-refractivity contribution >= 4 is 39.1 Å². The minimum atomic E-state index is -0.292. The van der Waals surface area contributed by atoms with Crippen molar-refractivity contribution in [1.29, 1.82) is 0 Å². The predicted molar refractivity (Wildman–Crippen MR) is 205 cm³/mol. The predicted octanol–water partition coefficient (Wildman–Crippen LogP) is 9.62. The van der Waals surface area contributed by atoms with Crippen molar-refractivity contribution in [2.45, 2.75) is 46.0 Å². The third kappa shape index (κ3) is 7.13. The van der Waals surface area contributed by atoms with Crippen molar-refractivity contribution < 1.29 is 14.3 Å². The van der Waals surface area contributed by atoms with Gasteiger partial charge in [-0.3, -0.25) is 14.8 Å². The lowest BCUT2D eigenvalue weighted by molar-refractivity contribution is -0.119. The number of aromatic nitrogens is 2. The van der Waals surface area contributed by atoms with Crippen LogP contribution in [0.4, 0.5) is 11.4 Å². The van der Waals surface area contributed by atoms with E-state index in [-0.39, 0.29) is 23.7 Å². The van der Waals surface area contributed by atoms with Gasteiger partial charge in [0, 0.05) is 42.0 Å². The van der Waals surface area contributed by atoms with Crippen LogP contribution in [0.5, 0.6) is 11.5 Å². The van der Waals surface area contributed by atoms with Crippen molar-refractivity contribution in [1.82, 2.24) is 9.97 Å². The second-order valence-electron chi connectivity index (χ2n) is 13.2. The van der Waals surface area contributed by atoms with Crippen molar-refractivity contribution in [3.05, 3.63) is 132 Å². The molecule has 0 fully saturated rings. The largest absolute Gasteiger partial charge is 0.496 e. The number of ether oxygens (including phenoxy) is 2. The molecule has 4 aromatic carbocycles. The first-order valence-electron chi connectivity index (χ1n) is 17.3. The number of carbonyl (C=O) groups excluding carboxylic acids is 1. The van der Waals surface area contributed by atoms with E-state index in [0.717, 1.165) is 62.2 Å². The number of anilines is 2. The molecular formula is C43H46N4O3. The highest BCUT2D eigenvalue weighted by atomic mass is 16.5. The fraction of sp³-hybridized carbons (Fsp3) is 0.279. The second kappa shape index (κ2) is 15.4. The average Bonchev–Trinajstić information content (AvgIpc) is 3.16. The van der Waals surface area contributed by atoms with Gasteiger partial charge in [0.1, 0.15) is 11.5 Å². The molecule has 0 aliphatic carbocycles. The maximum Gasteiger partial charge on any atom is 0.227 e. The smallest absolute Gasteiger partial charge is 0.227 e. The number of para-hydroxylation sites is 4. The lowest BCUT2D eigenvalue weighted by Crippen LogP contribution is -2.25. The summed E-state index contributed by atoms with van der Waals surface area (Å²) in [6.07, 6.45) is 4.32. The molecule has 0 spiro atoms. The zero-order chi connectivity index (χ0) is 35.2. The van der Waals surface area contributed by atoms with Gasteiger partial charge in [-0.1, -0.05) is 94.4 Å². The van der Waals surface area contributed by atoms with E-state index in [4.69, 9.17) is 14.5 Å². The molecule has 256 valence electrons. The fourth-order valence-corrected chi connectivity index (χ4v) is 6.83. The number of nitrogens with one attached hydrogen (secondary N) is 2. The van der Waals surface area contributed by atoms with Crippen molar-refractivity contribution in [2.75, 3.05) is 31.4 Å². The number of rotatable bonds is 13. The number of amides is 1. The molecule has 0 saturated heterocycles. The molecule has 6 rings (SSSR count). The Morgan fingerprint density at radius 1 is 0.680 bits per heavy atom. The van der Waals surface area contributed by atoms with Gasteiger partial charge in [-0.2, -0.15) is 0 Å². The van der Waals surface area contributed by atoms with Crippen LogP contribution in [-0.4, -0.2) is 36.6 Å². The average molecular weight is 667 g/mol. The minimum absolute atomic E-state index is 0.0412. The standard InChI is InChI=1S/C43H46N4O3/c1-27(26-46-37-19-10-13-31-15-12-23-44-40(31)37)28(2)35-17-9-14-33(42(35)50-6)25-32-22-24-45-41-36(32)18-11-20-38(41)47-43(48)30(4)29(3)34-16-7-8-21-39(34)49-5/h7-24,27-30,46H,25-26H2,1-6H3,(H,47,48). The van der Waals surface area contributed by atoms with Gasteiger partial charge in [-0.05, 0) is 70.3 Å². The summed E-state index contributed by atoms with van der Waals surface area (Å²) < 4.78 is 11.7. The van der Waals surface area contributed by atoms with Crippen LogP contribution in [0.3, 0.4) is 0 Å². The Balaban J connectivity index is 1.20. The number of nitrogens with zero attached hydrogens (tertiary/aromatic N) is 2. The summed E-state index contributed by atoms with van der Waals surface area (Å²) in [7, 11) is 3.41. The van der Waals surface area contributed by atoms with Crippen LogP contribution >= 0.6 is 0 Å². The van der Waals surface area contributed by atoms with Crippen LogP contribution in [0.1, 0.15) is 61.8 Å². The topological polar surface area (TPSA) is 85.4 Å². The number of hydrogen-bond acceptors (Lipinski definition) is 6. The molecule has 2 aromatic heterocycles. The summed E-state index contributed by atoms with van der Waals surface area (Å²) in [5.41, 5.74) is 7.91. The van der Waals surface area contributed by atoms with E-state index >= 15 is 0 Å². The van der Waals surface area contributed by atoms with Gasteiger partial charge in [0.15, 0.2) is 0 Å². The molecule has 0 saturated carbocycles. The Hall–Kier alpha value is -5.43. The summed E-state index contributed by atoms with van der Waals surface area (Å²) in [5, 5.41) is 8.95. The fourth-order valence-electron chi connectivity index (χ4n) is 6.83. The van der Waals surface area contributed by atoms with E-state index in [0.29, 0.717) is 18.0 Å². The van der Waals surface area contributed by atoms with Gasteiger partial charge in [0.05, 0.1) is 36.6 Å². The van der Waals surface area contributed by atoms with Crippen LogP contribution in [0.25, 0.3) is 21.8 Å². The first-order chi connectivity index (χ1) is 24.3. The lowest BCUT2D eigenvalue weighted by Gasteiger charge is -2.25. The molecule has 2 N–H and O–H groups in total. The SMILES string of the molecule is COc1ccccc1C(C)C(C)C(=O)Nc1cccc2c(Cc3cccc(C(C)C(C)CNc4cccc5cccnc45)c3OC)ccnc12. The van der Waals surface area contributed by atoms with Crippen LogP contribution in [0.2, 0.25) is 0 Å². The number of hydrogen-bond donors (Lipinski definition) is 2. The summed E-state index contributed by atoms with van der Waals surface area (Å²) in [6.45, 7) is 9.34. The van der Waals surface area contributed by atoms with Gasteiger partial charge in [0.25, 0.3) is 0 Å². The number of carbonyl (C=O) groups is 1. The molecule has 50 heavy (non-hydrogen) atoms. The maximum atomic E-state index is 13.6. The van der Waals surface area contributed by atoms with E-state index in [1.807, 2.05) is 61.8 Å². The van der Waals surface area contributed by atoms with E-state index < -0.39 is 0 Å². The zero-order valence-electron chi connectivity index (χ0n) is 29.7. The van der Waals surface area contributed by atoms with E-state index in [2.05, 4.69) is 91.0 Å². The number of benzene rings is 4. The summed E-state index contributed by atoms with van der Waals surface area (Å²) in [4.78, 5) is 22.9. The van der Waals surface area contributed by atoms with Crippen molar-refractivity contribution in [2.24, 2.45) is 11.8 Å². The maximum absolute atomic E-state index is 13.6. The first kappa shape index (κ1) is 34.4. The Morgan fingerprint density at radius 3 is 2.22 bits per heavy atom. The van der Waals surface area contributed by atoms with Gasteiger partial charge in [-0.25, -0.2) is 0 Å². The van der Waals surface area contributed by atoms with Gasteiger partial charge in [-0.15, -0.1) is 0 Å². The highest BCUT2D eigenvalue weighted by molar-refractivity contribution is 6.02. The number of pyridine rings is 2. The lowest BCUT2D eigenvalue weighted by atomic mass is 9.86. The molecule has 0 bridgehead atoms. The molecule has 4 unspecified atom stereocenters. The van der Waals surface area contributed by atoms with Gasteiger partial charge in [0.2, 0.25) is 5.91 Å². The monoisotopic (exact) mass is 666 g/mol. The molecule has 7 nitrogen and oxygen atoms in total. The van der Waals surface area contributed by atoms with Crippen LogP contribution < -0.4 is 20.1 Å².